The van der Waals surface area contributed by atoms with E-state index in [1.807, 2.05) is 4.90 Å². The average Bonchev–Trinajstić information content (AvgIpc) is 3.14. The van der Waals surface area contributed by atoms with Gasteiger partial charge < -0.3 is 9.80 Å². The Morgan fingerprint density at radius 3 is 2.68 bits per heavy atom. The lowest BCUT2D eigenvalue weighted by Crippen LogP contribution is -2.65. The zero-order chi connectivity index (χ0) is 13.6. The van der Waals surface area contributed by atoms with Gasteiger partial charge in [0.05, 0.1) is 17.9 Å². The maximum Gasteiger partial charge on any atom is 0.227 e. The molecule has 0 aromatic carbocycles. The van der Waals surface area contributed by atoms with Crippen LogP contribution >= 0.6 is 0 Å². The van der Waals surface area contributed by atoms with Crippen LogP contribution in [0.25, 0.3) is 0 Å². The monoisotopic (exact) mass is 261 g/mol. The molecule has 1 aliphatic carbocycles. The second-order valence-corrected chi connectivity index (χ2v) is 6.94. The number of amides is 1. The second kappa shape index (κ2) is 4.49. The highest BCUT2D eigenvalue weighted by molar-refractivity contribution is 5.83. The first kappa shape index (κ1) is 12.9. The molecule has 3 fully saturated rings. The molecule has 0 aromatic rings. The molecule has 0 radical (unpaired) electrons. The van der Waals surface area contributed by atoms with Gasteiger partial charge in [-0.3, -0.25) is 4.79 Å². The van der Waals surface area contributed by atoms with Crippen molar-refractivity contribution in [3.05, 3.63) is 0 Å². The molecular weight excluding hydrogens is 238 g/mol. The standard InChI is InChI=1S/C15H23N3O/c1-11(2)17-5-3-4-15(8-17)9-18(10-15)14(19)13-6-12(13)7-16/h11-13H,3-6,8-10H2,1-2H3/t12-,13+/m0/s1. The van der Waals surface area contributed by atoms with Crippen LogP contribution in [0.1, 0.15) is 33.1 Å². The predicted octanol–water partition coefficient (Wildman–Crippen LogP) is 1.48. The van der Waals surface area contributed by atoms with Crippen molar-refractivity contribution in [3.63, 3.8) is 0 Å². The molecule has 104 valence electrons. The van der Waals surface area contributed by atoms with Gasteiger partial charge in [-0.05, 0) is 39.7 Å². The van der Waals surface area contributed by atoms with E-state index in [-0.39, 0.29) is 17.7 Å². The zero-order valence-corrected chi connectivity index (χ0v) is 11.9. The number of nitrogens with zero attached hydrogens (tertiary/aromatic N) is 3. The van der Waals surface area contributed by atoms with E-state index in [4.69, 9.17) is 5.26 Å². The fourth-order valence-corrected chi connectivity index (χ4v) is 3.71. The van der Waals surface area contributed by atoms with Crippen LogP contribution in [0.3, 0.4) is 0 Å². The van der Waals surface area contributed by atoms with Crippen molar-refractivity contribution in [1.29, 1.82) is 5.26 Å². The van der Waals surface area contributed by atoms with E-state index >= 15 is 0 Å². The Hall–Kier alpha value is -1.08. The third-order valence-electron chi connectivity index (χ3n) is 5.06. The first-order chi connectivity index (χ1) is 9.04. The minimum atomic E-state index is 0.00238. The molecule has 3 rings (SSSR count). The van der Waals surface area contributed by atoms with Gasteiger partial charge in [-0.2, -0.15) is 5.26 Å². The van der Waals surface area contributed by atoms with Crippen molar-refractivity contribution < 1.29 is 4.79 Å². The molecule has 2 atom stereocenters. The minimum absolute atomic E-state index is 0.00238. The highest BCUT2D eigenvalue weighted by atomic mass is 16.2. The molecule has 4 heteroatoms. The van der Waals surface area contributed by atoms with Gasteiger partial charge in [0.1, 0.15) is 0 Å². The summed E-state index contributed by atoms with van der Waals surface area (Å²) >= 11 is 0. The van der Waals surface area contributed by atoms with Crippen LogP contribution in [0.15, 0.2) is 0 Å². The number of carbonyl (C=O) groups excluding carboxylic acids is 1. The van der Waals surface area contributed by atoms with Gasteiger partial charge in [0.25, 0.3) is 0 Å². The number of hydrogen-bond donors (Lipinski definition) is 0. The Labute approximate surface area is 115 Å². The van der Waals surface area contributed by atoms with Crippen molar-refractivity contribution in [3.8, 4) is 6.07 Å². The molecule has 0 N–H and O–H groups in total. The summed E-state index contributed by atoms with van der Waals surface area (Å²) in [5, 5.41) is 8.81. The molecule has 0 aromatic heterocycles. The normalized spacial score (nSPS) is 33.1. The predicted molar refractivity (Wildman–Crippen MR) is 72.2 cm³/mol. The van der Waals surface area contributed by atoms with Crippen LogP contribution in [-0.4, -0.2) is 47.9 Å². The van der Waals surface area contributed by atoms with E-state index in [2.05, 4.69) is 24.8 Å². The van der Waals surface area contributed by atoms with Gasteiger partial charge in [-0.25, -0.2) is 0 Å². The van der Waals surface area contributed by atoms with Crippen molar-refractivity contribution in [1.82, 2.24) is 9.80 Å². The number of carbonyl (C=O) groups is 1. The SMILES string of the molecule is CC(C)N1CCCC2(CN(C(=O)[C@@H]3C[C@H]3C#N)C2)C1. The Balaban J connectivity index is 1.54. The van der Waals surface area contributed by atoms with Crippen LogP contribution in [0.4, 0.5) is 0 Å². The minimum Gasteiger partial charge on any atom is -0.341 e. The first-order valence-electron chi connectivity index (χ1n) is 7.47. The number of piperidine rings is 1. The van der Waals surface area contributed by atoms with Gasteiger partial charge in [-0.1, -0.05) is 0 Å². The Morgan fingerprint density at radius 2 is 2.11 bits per heavy atom. The van der Waals surface area contributed by atoms with Crippen molar-refractivity contribution in [2.45, 2.75) is 39.2 Å². The Kier molecular flexibility index (Phi) is 3.05. The van der Waals surface area contributed by atoms with Crippen molar-refractivity contribution in [2.24, 2.45) is 17.3 Å². The molecule has 1 saturated carbocycles. The van der Waals surface area contributed by atoms with Crippen LogP contribution in [0.5, 0.6) is 0 Å². The van der Waals surface area contributed by atoms with Crippen molar-refractivity contribution in [2.75, 3.05) is 26.2 Å². The van der Waals surface area contributed by atoms with Gasteiger partial charge in [0, 0.05) is 31.1 Å². The quantitative estimate of drug-likeness (QED) is 0.756. The molecule has 3 aliphatic rings. The number of hydrogen-bond acceptors (Lipinski definition) is 3. The summed E-state index contributed by atoms with van der Waals surface area (Å²) in [4.78, 5) is 16.7. The Morgan fingerprint density at radius 1 is 1.37 bits per heavy atom. The number of likely N-dealkylation sites (tertiary alicyclic amines) is 2. The summed E-state index contributed by atoms with van der Waals surface area (Å²) in [5.41, 5.74) is 0.356. The van der Waals surface area contributed by atoms with Gasteiger partial charge in [0.2, 0.25) is 5.91 Å². The molecule has 1 amide bonds. The first-order valence-corrected chi connectivity index (χ1v) is 7.47. The smallest absolute Gasteiger partial charge is 0.227 e. The van der Waals surface area contributed by atoms with E-state index in [1.165, 1.54) is 19.4 Å². The number of nitriles is 1. The summed E-state index contributed by atoms with van der Waals surface area (Å²) in [7, 11) is 0. The molecule has 1 spiro atoms. The molecule has 0 unspecified atom stereocenters. The zero-order valence-electron chi connectivity index (χ0n) is 11.9. The van der Waals surface area contributed by atoms with Gasteiger partial charge in [-0.15, -0.1) is 0 Å². The fraction of sp³-hybridized carbons (Fsp3) is 0.867. The highest BCUT2D eigenvalue weighted by Crippen LogP contribution is 2.45. The Bertz CT molecular complexity index is 420. The largest absolute Gasteiger partial charge is 0.341 e. The number of rotatable bonds is 2. The maximum absolute atomic E-state index is 12.2. The third-order valence-corrected chi connectivity index (χ3v) is 5.06. The lowest BCUT2D eigenvalue weighted by Gasteiger charge is -2.55. The lowest BCUT2D eigenvalue weighted by molar-refractivity contribution is -0.149. The average molecular weight is 261 g/mol. The summed E-state index contributed by atoms with van der Waals surface area (Å²) in [6.45, 7) is 8.69. The summed E-state index contributed by atoms with van der Waals surface area (Å²) < 4.78 is 0. The van der Waals surface area contributed by atoms with Crippen LogP contribution in [-0.2, 0) is 4.79 Å². The maximum atomic E-state index is 12.2. The van der Waals surface area contributed by atoms with E-state index in [0.717, 1.165) is 26.1 Å². The van der Waals surface area contributed by atoms with Gasteiger partial charge >= 0.3 is 0 Å². The van der Waals surface area contributed by atoms with Crippen LogP contribution in [0.2, 0.25) is 0 Å². The highest BCUT2D eigenvalue weighted by Gasteiger charge is 2.52. The van der Waals surface area contributed by atoms with Crippen LogP contribution in [0, 0.1) is 28.6 Å². The second-order valence-electron chi connectivity index (χ2n) is 6.94. The van der Waals surface area contributed by atoms with E-state index in [0.29, 0.717) is 11.5 Å². The summed E-state index contributed by atoms with van der Waals surface area (Å²) in [6, 6.07) is 2.82. The van der Waals surface area contributed by atoms with Gasteiger partial charge in [0.15, 0.2) is 0 Å². The van der Waals surface area contributed by atoms with E-state index < -0.39 is 0 Å². The molecule has 4 nitrogen and oxygen atoms in total. The molecule has 19 heavy (non-hydrogen) atoms. The third kappa shape index (κ3) is 2.25. The van der Waals surface area contributed by atoms with E-state index in [1.54, 1.807) is 0 Å². The lowest BCUT2D eigenvalue weighted by atomic mass is 9.73. The van der Waals surface area contributed by atoms with Crippen molar-refractivity contribution >= 4 is 5.91 Å². The topological polar surface area (TPSA) is 47.3 Å². The summed E-state index contributed by atoms with van der Waals surface area (Å²) in [6.07, 6.45) is 3.30. The van der Waals surface area contributed by atoms with E-state index in [9.17, 15) is 4.79 Å². The molecular formula is C15H23N3O. The molecule has 2 saturated heterocycles. The molecule has 2 aliphatic heterocycles. The van der Waals surface area contributed by atoms with Crippen LogP contribution < -0.4 is 0 Å². The molecule has 0 bridgehead atoms. The fourth-order valence-electron chi connectivity index (χ4n) is 3.71. The summed E-state index contributed by atoms with van der Waals surface area (Å²) in [5.74, 6) is 0.258. The molecule has 2 heterocycles.